The summed E-state index contributed by atoms with van der Waals surface area (Å²) in [5, 5.41) is 4.76. The molecule has 1 saturated carbocycles. The summed E-state index contributed by atoms with van der Waals surface area (Å²) in [7, 11) is 2.11. The fourth-order valence-electron chi connectivity index (χ4n) is 5.55. The highest BCUT2D eigenvalue weighted by atomic mass is 16.2. The number of aromatic nitrogens is 3. The summed E-state index contributed by atoms with van der Waals surface area (Å²) in [6.45, 7) is 7.86. The van der Waals surface area contributed by atoms with Crippen LogP contribution in [0.3, 0.4) is 0 Å². The molecule has 1 amide bonds. The summed E-state index contributed by atoms with van der Waals surface area (Å²) in [5.41, 5.74) is 6.39. The number of rotatable bonds is 8. The predicted molar refractivity (Wildman–Crippen MR) is 142 cm³/mol. The van der Waals surface area contributed by atoms with Crippen LogP contribution in [0, 0.1) is 5.92 Å². The van der Waals surface area contributed by atoms with E-state index < -0.39 is 0 Å². The first-order valence-corrected chi connectivity index (χ1v) is 13.1. The van der Waals surface area contributed by atoms with E-state index in [0.29, 0.717) is 6.04 Å². The molecule has 6 heteroatoms. The Morgan fingerprint density at radius 2 is 1.97 bits per heavy atom. The highest BCUT2D eigenvalue weighted by Gasteiger charge is 2.28. The van der Waals surface area contributed by atoms with Crippen LogP contribution in [0.25, 0.3) is 33.5 Å². The quantitative estimate of drug-likeness (QED) is 0.395. The Balaban J connectivity index is 1.38. The van der Waals surface area contributed by atoms with Gasteiger partial charge < -0.3 is 19.4 Å². The lowest BCUT2D eigenvalue weighted by molar-refractivity contribution is 0.0725. The number of imidazole rings is 1. The van der Waals surface area contributed by atoms with Crippen LogP contribution in [0.4, 0.5) is 0 Å². The van der Waals surface area contributed by atoms with Gasteiger partial charge in [-0.2, -0.15) is 0 Å². The van der Waals surface area contributed by atoms with E-state index in [1.165, 1.54) is 29.4 Å². The van der Waals surface area contributed by atoms with E-state index in [2.05, 4.69) is 71.7 Å². The minimum absolute atomic E-state index is 0.133. The van der Waals surface area contributed by atoms with Crippen molar-refractivity contribution in [3.05, 3.63) is 53.6 Å². The second-order valence-electron chi connectivity index (χ2n) is 10.5. The first kappa shape index (κ1) is 22.4. The number of fused-ring (bicyclic) bond motifs is 3. The van der Waals surface area contributed by atoms with Crippen LogP contribution in [0.5, 0.6) is 0 Å². The van der Waals surface area contributed by atoms with Crippen LogP contribution in [-0.4, -0.2) is 50.6 Å². The Hall–Kier alpha value is -3.12. The Morgan fingerprint density at radius 1 is 1.14 bits per heavy atom. The largest absolute Gasteiger partial charge is 0.338 e. The topological polar surface area (TPSA) is 55.1 Å². The molecular formula is C29H35N5O. The van der Waals surface area contributed by atoms with Crippen molar-refractivity contribution in [1.29, 1.82) is 0 Å². The smallest absolute Gasteiger partial charge is 0.254 e. The molecule has 35 heavy (non-hydrogen) atoms. The van der Waals surface area contributed by atoms with Crippen molar-refractivity contribution in [1.82, 2.24) is 24.3 Å². The van der Waals surface area contributed by atoms with Gasteiger partial charge in [0.1, 0.15) is 0 Å². The Labute approximate surface area is 206 Å². The van der Waals surface area contributed by atoms with Gasteiger partial charge in [-0.1, -0.05) is 25.1 Å². The van der Waals surface area contributed by atoms with Gasteiger partial charge in [-0.05, 0) is 74.9 Å². The van der Waals surface area contributed by atoms with E-state index in [9.17, 15) is 4.79 Å². The van der Waals surface area contributed by atoms with E-state index in [0.717, 1.165) is 72.9 Å². The SMILES string of the molecule is CCCN[C@H](C)CN1CCc2cc3c(cc2C1=O)nc(-c1cc2ccccc2n1CC1CC1)n3C. The molecule has 2 aliphatic rings. The lowest BCUT2D eigenvalue weighted by atomic mass is 9.97. The van der Waals surface area contributed by atoms with Gasteiger partial charge in [-0.15, -0.1) is 0 Å². The Kier molecular flexibility index (Phi) is 5.64. The molecular weight excluding hydrogens is 434 g/mol. The molecule has 0 spiro atoms. The van der Waals surface area contributed by atoms with E-state index >= 15 is 0 Å². The van der Waals surface area contributed by atoms with Gasteiger partial charge in [0.2, 0.25) is 0 Å². The average molecular weight is 470 g/mol. The molecule has 1 fully saturated rings. The molecule has 1 N–H and O–H groups in total. The summed E-state index contributed by atoms with van der Waals surface area (Å²) in [4.78, 5) is 20.5. The number of carbonyl (C=O) groups excluding carboxylic acids is 1. The minimum atomic E-state index is 0.133. The maximum Gasteiger partial charge on any atom is 0.254 e. The molecule has 1 atom stereocenters. The van der Waals surface area contributed by atoms with Crippen LogP contribution in [0.15, 0.2) is 42.5 Å². The summed E-state index contributed by atoms with van der Waals surface area (Å²) >= 11 is 0. The van der Waals surface area contributed by atoms with E-state index in [4.69, 9.17) is 4.98 Å². The van der Waals surface area contributed by atoms with Gasteiger partial charge in [0, 0.05) is 49.2 Å². The van der Waals surface area contributed by atoms with E-state index in [-0.39, 0.29) is 5.91 Å². The second kappa shape index (κ2) is 8.83. The third kappa shape index (κ3) is 4.04. The van der Waals surface area contributed by atoms with Crippen molar-refractivity contribution in [2.24, 2.45) is 13.0 Å². The fourth-order valence-corrected chi connectivity index (χ4v) is 5.55. The van der Waals surface area contributed by atoms with Crippen molar-refractivity contribution in [2.45, 2.75) is 52.1 Å². The monoisotopic (exact) mass is 469 g/mol. The second-order valence-corrected chi connectivity index (χ2v) is 10.5. The van der Waals surface area contributed by atoms with Crippen molar-refractivity contribution in [3.63, 3.8) is 0 Å². The number of benzene rings is 2. The molecule has 0 radical (unpaired) electrons. The zero-order valence-electron chi connectivity index (χ0n) is 21.1. The zero-order chi connectivity index (χ0) is 24.1. The Morgan fingerprint density at radius 3 is 2.77 bits per heavy atom. The molecule has 1 aliphatic carbocycles. The van der Waals surface area contributed by atoms with Crippen molar-refractivity contribution >= 4 is 27.8 Å². The van der Waals surface area contributed by atoms with Crippen LogP contribution in [0.1, 0.15) is 49.0 Å². The average Bonchev–Trinajstić information content (AvgIpc) is 3.54. The molecule has 182 valence electrons. The fraction of sp³-hybridized carbons (Fsp3) is 0.448. The highest BCUT2D eigenvalue weighted by Crippen LogP contribution is 2.37. The molecule has 2 aromatic carbocycles. The molecule has 1 aliphatic heterocycles. The van der Waals surface area contributed by atoms with Gasteiger partial charge >= 0.3 is 0 Å². The predicted octanol–water partition coefficient (Wildman–Crippen LogP) is 4.99. The number of hydrogen-bond donors (Lipinski definition) is 1. The number of nitrogens with one attached hydrogen (secondary N) is 1. The van der Waals surface area contributed by atoms with Crippen LogP contribution >= 0.6 is 0 Å². The first-order valence-electron chi connectivity index (χ1n) is 13.1. The highest BCUT2D eigenvalue weighted by molar-refractivity contribution is 6.00. The molecule has 6 rings (SSSR count). The molecule has 0 unspecified atom stereocenters. The number of carbonyl (C=O) groups is 1. The summed E-state index contributed by atoms with van der Waals surface area (Å²) in [6, 6.07) is 15.4. The molecule has 6 nitrogen and oxygen atoms in total. The number of para-hydroxylation sites is 1. The van der Waals surface area contributed by atoms with Gasteiger partial charge in [-0.3, -0.25) is 4.79 Å². The third-order valence-electron chi connectivity index (χ3n) is 7.69. The summed E-state index contributed by atoms with van der Waals surface area (Å²) in [6.07, 6.45) is 4.61. The molecule has 3 heterocycles. The van der Waals surface area contributed by atoms with Crippen LogP contribution in [0.2, 0.25) is 0 Å². The van der Waals surface area contributed by atoms with Crippen LogP contribution in [-0.2, 0) is 20.0 Å². The molecule has 0 saturated heterocycles. The van der Waals surface area contributed by atoms with Gasteiger partial charge in [0.25, 0.3) is 5.91 Å². The van der Waals surface area contributed by atoms with E-state index in [1.54, 1.807) is 0 Å². The minimum Gasteiger partial charge on any atom is -0.338 e. The van der Waals surface area contributed by atoms with Crippen molar-refractivity contribution in [2.75, 3.05) is 19.6 Å². The maximum atomic E-state index is 13.4. The lowest BCUT2D eigenvalue weighted by Crippen LogP contribution is -2.45. The first-order chi connectivity index (χ1) is 17.0. The van der Waals surface area contributed by atoms with Crippen molar-refractivity contribution < 1.29 is 4.79 Å². The van der Waals surface area contributed by atoms with Crippen LogP contribution < -0.4 is 5.32 Å². The zero-order valence-corrected chi connectivity index (χ0v) is 21.1. The van der Waals surface area contributed by atoms with Gasteiger partial charge in [0.05, 0.1) is 16.7 Å². The van der Waals surface area contributed by atoms with E-state index in [1.807, 2.05) is 11.0 Å². The number of aryl methyl sites for hydroxylation is 1. The Bertz CT molecular complexity index is 1410. The summed E-state index contributed by atoms with van der Waals surface area (Å²) < 4.78 is 4.66. The van der Waals surface area contributed by atoms with Gasteiger partial charge in [-0.25, -0.2) is 4.98 Å². The maximum absolute atomic E-state index is 13.4. The molecule has 4 aromatic rings. The normalized spacial score (nSPS) is 16.9. The molecule has 0 bridgehead atoms. The third-order valence-corrected chi connectivity index (χ3v) is 7.69. The number of amides is 1. The number of nitrogens with zero attached hydrogens (tertiary/aromatic N) is 4. The molecule has 2 aromatic heterocycles. The summed E-state index contributed by atoms with van der Waals surface area (Å²) in [5.74, 6) is 1.87. The standard InChI is InChI=1S/C29H35N5O/c1-4-12-30-19(2)17-33-13-11-21-14-26-24(16-23(21)29(33)35)31-28(32(26)3)27-15-22-7-5-6-8-25(22)34(27)18-20-9-10-20/h5-8,14-16,19-20,30H,4,9-13,17-18H2,1-3H3/t19-/m1/s1. The van der Waals surface area contributed by atoms with Gasteiger partial charge in [0.15, 0.2) is 5.82 Å². The van der Waals surface area contributed by atoms with Crippen molar-refractivity contribution in [3.8, 4) is 11.5 Å². The lowest BCUT2D eigenvalue weighted by Gasteiger charge is -2.31. The number of hydrogen-bond acceptors (Lipinski definition) is 3.